The van der Waals surface area contributed by atoms with Gasteiger partial charge in [0, 0.05) is 0 Å². The number of hydrogen-bond donors (Lipinski definition) is 0. The standard InChI is InChI=1S/C12H17Si.3CH3.Sn/c1-13(2,3)11-7-10-12-8-5-4-6-9-12;;;;/h4-6,8-9,11H,10H2,1-3H3;3*1H3;. The van der Waals surface area contributed by atoms with E-state index in [-0.39, 0.29) is 0 Å². The van der Waals surface area contributed by atoms with E-state index in [0.29, 0.717) is 0 Å². The van der Waals surface area contributed by atoms with Gasteiger partial charge in [-0.05, 0) is 0 Å². The van der Waals surface area contributed by atoms with Crippen LogP contribution >= 0.6 is 0 Å². The van der Waals surface area contributed by atoms with Crippen LogP contribution < -0.4 is 0 Å². The van der Waals surface area contributed by atoms with Gasteiger partial charge in [-0.2, -0.15) is 0 Å². The van der Waals surface area contributed by atoms with Crippen LogP contribution in [0.1, 0.15) is 5.56 Å². The van der Waals surface area contributed by atoms with Crippen molar-refractivity contribution in [2.24, 2.45) is 0 Å². The van der Waals surface area contributed by atoms with Gasteiger partial charge in [-0.25, -0.2) is 0 Å². The first-order chi connectivity index (χ1) is 7.68. The van der Waals surface area contributed by atoms with Crippen molar-refractivity contribution in [3.05, 3.63) is 45.2 Å². The fraction of sp³-hybridized carbons (Fsp3) is 0.467. The van der Waals surface area contributed by atoms with Crippen LogP contribution in [-0.4, -0.2) is 26.5 Å². The molecular formula is C15H26SiSn. The van der Waals surface area contributed by atoms with Crippen LogP contribution in [0.15, 0.2) is 39.6 Å². The molecule has 0 bridgehead atoms. The molecule has 0 radical (unpaired) electrons. The van der Waals surface area contributed by atoms with Crippen LogP contribution in [0.3, 0.4) is 0 Å². The first-order valence-electron chi connectivity index (χ1n) is 6.45. The normalized spacial score (nSPS) is 13.9. The van der Waals surface area contributed by atoms with Crippen molar-refractivity contribution in [2.45, 2.75) is 40.9 Å². The van der Waals surface area contributed by atoms with Crippen molar-refractivity contribution >= 4 is 26.5 Å². The Labute approximate surface area is 112 Å². The Morgan fingerprint density at radius 1 is 1.06 bits per heavy atom. The van der Waals surface area contributed by atoms with Gasteiger partial charge in [0.25, 0.3) is 0 Å². The van der Waals surface area contributed by atoms with Crippen molar-refractivity contribution < 1.29 is 0 Å². The van der Waals surface area contributed by atoms with Gasteiger partial charge in [-0.15, -0.1) is 0 Å². The average Bonchev–Trinajstić information content (AvgIpc) is 2.15. The van der Waals surface area contributed by atoms with Gasteiger partial charge < -0.3 is 0 Å². The Kier molecular flexibility index (Phi) is 5.08. The fourth-order valence-electron chi connectivity index (χ4n) is 1.87. The number of hydrogen-bond acceptors (Lipinski definition) is 0. The van der Waals surface area contributed by atoms with Gasteiger partial charge in [-0.1, -0.05) is 0 Å². The molecule has 0 aliphatic rings. The molecule has 0 N–H and O–H groups in total. The number of rotatable bonds is 4. The first-order valence-corrected chi connectivity index (χ1v) is 20.0. The van der Waals surface area contributed by atoms with Crippen molar-refractivity contribution in [1.29, 1.82) is 0 Å². The quantitative estimate of drug-likeness (QED) is 0.675. The zero-order valence-electron chi connectivity index (χ0n) is 12.2. The summed E-state index contributed by atoms with van der Waals surface area (Å²) in [5, 5.41) is 0. The SMILES string of the molecule is C[Si](C)(C)/C=[C](/Cc1ccccc1)[Sn]([CH3])([CH3])[CH3]. The Balaban J connectivity index is 2.99. The van der Waals surface area contributed by atoms with E-state index in [9.17, 15) is 0 Å². The van der Waals surface area contributed by atoms with Crippen LogP contribution in [0, 0.1) is 0 Å². The minimum atomic E-state index is -1.93. The van der Waals surface area contributed by atoms with E-state index >= 15 is 0 Å². The van der Waals surface area contributed by atoms with E-state index in [0.717, 1.165) is 0 Å². The third-order valence-corrected chi connectivity index (χ3v) is 11.3. The summed E-state index contributed by atoms with van der Waals surface area (Å²) in [5.74, 6) is 0. The molecule has 1 rings (SSSR count). The Hall–Kier alpha value is -0.0244. The molecule has 94 valence electrons. The number of allylic oxidation sites excluding steroid dienone is 1. The summed E-state index contributed by atoms with van der Waals surface area (Å²) in [6, 6.07) is 10.9. The van der Waals surface area contributed by atoms with E-state index in [4.69, 9.17) is 0 Å². The molecule has 0 aliphatic heterocycles. The molecule has 0 aliphatic carbocycles. The van der Waals surface area contributed by atoms with E-state index in [1.807, 2.05) is 0 Å². The second kappa shape index (κ2) is 5.74. The molecule has 1 aromatic carbocycles. The summed E-state index contributed by atoms with van der Waals surface area (Å²) < 4.78 is 1.80. The third-order valence-electron chi connectivity index (χ3n) is 2.81. The summed E-state index contributed by atoms with van der Waals surface area (Å²) in [6.45, 7) is 7.32. The first kappa shape index (κ1) is 15.0. The summed E-state index contributed by atoms with van der Waals surface area (Å²) in [4.78, 5) is 7.59. The third kappa shape index (κ3) is 5.91. The van der Waals surface area contributed by atoms with Crippen molar-refractivity contribution in [1.82, 2.24) is 0 Å². The molecular weight excluding hydrogens is 327 g/mol. The molecule has 17 heavy (non-hydrogen) atoms. The summed E-state index contributed by atoms with van der Waals surface area (Å²) >= 11 is -1.93. The Bertz CT molecular complexity index is 380. The van der Waals surface area contributed by atoms with Crippen molar-refractivity contribution in [3.8, 4) is 0 Å². The van der Waals surface area contributed by atoms with Gasteiger partial charge in [-0.3, -0.25) is 0 Å². The van der Waals surface area contributed by atoms with Gasteiger partial charge in [0.05, 0.1) is 0 Å². The Morgan fingerprint density at radius 3 is 2.00 bits per heavy atom. The van der Waals surface area contributed by atoms with Crippen LogP contribution in [0.25, 0.3) is 0 Å². The molecule has 0 aromatic heterocycles. The molecule has 0 unspecified atom stereocenters. The van der Waals surface area contributed by atoms with Gasteiger partial charge in [0.15, 0.2) is 0 Å². The summed E-state index contributed by atoms with van der Waals surface area (Å²) in [6.07, 6.45) is 1.19. The van der Waals surface area contributed by atoms with E-state index in [1.54, 1.807) is 3.59 Å². The monoisotopic (exact) mass is 354 g/mol. The van der Waals surface area contributed by atoms with Crippen LogP contribution in [-0.2, 0) is 6.42 Å². The van der Waals surface area contributed by atoms with Crippen LogP contribution in [0.2, 0.25) is 34.5 Å². The maximum atomic E-state index is 2.66. The molecule has 0 saturated heterocycles. The molecule has 0 heterocycles. The van der Waals surface area contributed by atoms with E-state index in [2.05, 4.69) is 70.5 Å². The molecule has 0 saturated carbocycles. The zero-order valence-corrected chi connectivity index (χ0v) is 16.0. The fourth-order valence-corrected chi connectivity index (χ4v) is 13.0. The van der Waals surface area contributed by atoms with Crippen molar-refractivity contribution in [2.75, 3.05) is 0 Å². The molecule has 0 fully saturated rings. The van der Waals surface area contributed by atoms with Gasteiger partial charge in [0.1, 0.15) is 0 Å². The molecule has 1 aromatic rings. The van der Waals surface area contributed by atoms with E-state index < -0.39 is 26.5 Å². The topological polar surface area (TPSA) is 0 Å². The van der Waals surface area contributed by atoms with Gasteiger partial charge in [0.2, 0.25) is 0 Å². The average molecular weight is 353 g/mol. The number of benzene rings is 1. The molecule has 0 atom stereocenters. The zero-order chi connectivity index (χ0) is 13.1. The van der Waals surface area contributed by atoms with E-state index in [1.165, 1.54) is 12.0 Å². The Morgan fingerprint density at radius 2 is 1.59 bits per heavy atom. The predicted octanol–water partition coefficient (Wildman–Crippen LogP) is 4.91. The molecule has 0 amide bonds. The summed E-state index contributed by atoms with van der Waals surface area (Å²) in [5.41, 5.74) is 4.14. The second-order valence-electron chi connectivity index (χ2n) is 6.95. The van der Waals surface area contributed by atoms with Crippen molar-refractivity contribution in [3.63, 3.8) is 0 Å². The summed E-state index contributed by atoms with van der Waals surface area (Å²) in [7, 11) is -1.09. The minimum absolute atomic E-state index is 1.09. The van der Waals surface area contributed by atoms with Crippen LogP contribution in [0.5, 0.6) is 0 Å². The maximum absolute atomic E-state index is 2.66. The predicted molar refractivity (Wildman–Crippen MR) is 84.9 cm³/mol. The molecule has 2 heteroatoms. The van der Waals surface area contributed by atoms with Gasteiger partial charge >= 0.3 is 113 Å². The second-order valence-corrected chi connectivity index (χ2v) is 26.6. The van der Waals surface area contributed by atoms with Crippen LogP contribution in [0.4, 0.5) is 0 Å². The molecule has 0 nitrogen and oxygen atoms in total. The molecule has 0 spiro atoms.